The summed E-state index contributed by atoms with van der Waals surface area (Å²) in [5.41, 5.74) is 2.42. The lowest BCUT2D eigenvalue weighted by atomic mass is 9.99. The van der Waals surface area contributed by atoms with Crippen molar-refractivity contribution in [1.29, 1.82) is 0 Å². The summed E-state index contributed by atoms with van der Waals surface area (Å²) in [4.78, 5) is 26.6. The molecule has 0 amide bonds. The molecule has 9 heteroatoms. The largest absolute Gasteiger partial charge is 0.373 e. The van der Waals surface area contributed by atoms with Gasteiger partial charge in [0.15, 0.2) is 0 Å². The van der Waals surface area contributed by atoms with Gasteiger partial charge in [-0.2, -0.15) is 4.98 Å². The quantitative estimate of drug-likeness (QED) is 0.374. The van der Waals surface area contributed by atoms with Crippen molar-refractivity contribution in [3.8, 4) is 23.5 Å². The Morgan fingerprint density at radius 1 is 1.14 bits per heavy atom. The minimum Gasteiger partial charge on any atom is -0.373 e. The molecule has 0 unspecified atom stereocenters. The van der Waals surface area contributed by atoms with Crippen molar-refractivity contribution in [2.45, 2.75) is 0 Å². The van der Waals surface area contributed by atoms with Gasteiger partial charge in [-0.25, -0.2) is 9.37 Å². The molecule has 0 aliphatic rings. The Kier molecular flexibility index (Phi) is 7.25. The first kappa shape index (κ1) is 25.2. The van der Waals surface area contributed by atoms with Crippen molar-refractivity contribution in [1.82, 2.24) is 19.4 Å². The number of halogens is 2. The van der Waals surface area contributed by atoms with Gasteiger partial charge in [0.1, 0.15) is 11.5 Å². The van der Waals surface area contributed by atoms with Crippen LogP contribution < -0.4 is 15.8 Å². The Morgan fingerprint density at radius 2 is 1.86 bits per heavy atom. The van der Waals surface area contributed by atoms with Crippen LogP contribution in [0.3, 0.4) is 0 Å². The van der Waals surface area contributed by atoms with E-state index < -0.39 is 11.4 Å². The number of terminal acetylenes is 1. The average molecular weight is 505 g/mol. The highest BCUT2D eigenvalue weighted by molar-refractivity contribution is 6.33. The zero-order valence-corrected chi connectivity index (χ0v) is 21.3. The highest BCUT2D eigenvalue weighted by Crippen LogP contribution is 2.32. The third-order valence-electron chi connectivity index (χ3n) is 5.94. The van der Waals surface area contributed by atoms with Gasteiger partial charge in [0.2, 0.25) is 5.95 Å². The molecule has 0 saturated carbocycles. The second-order valence-corrected chi connectivity index (χ2v) is 9.07. The molecule has 0 aliphatic heterocycles. The summed E-state index contributed by atoms with van der Waals surface area (Å²) in [6, 6.07) is 12.2. The van der Waals surface area contributed by atoms with Crippen LogP contribution in [0.25, 0.3) is 22.2 Å². The number of aryl methyl sites for hydroxylation is 1. The first-order valence-electron chi connectivity index (χ1n) is 11.2. The van der Waals surface area contributed by atoms with Crippen LogP contribution in [0.4, 0.5) is 21.7 Å². The zero-order chi connectivity index (χ0) is 26.0. The Hall–Kier alpha value is -3.93. The standard InChI is InChI=1S/C27H26ClFN6O/c1-6-19-21-16-30-27(31-17-10-12-18(13-11-17)34(4)15-14-33(2)3)32-25(21)35(5)26(36)23(19)20-8-7-9-22(29)24(20)28/h1,7-13,16H,14-15H2,2-5H3,(H,30,31,32). The van der Waals surface area contributed by atoms with Gasteiger partial charge < -0.3 is 15.1 Å². The Labute approximate surface area is 214 Å². The van der Waals surface area contributed by atoms with E-state index in [1.165, 1.54) is 16.7 Å². The molecule has 0 bridgehead atoms. The molecule has 184 valence electrons. The molecule has 0 saturated heterocycles. The number of rotatable bonds is 7. The van der Waals surface area contributed by atoms with Gasteiger partial charge in [-0.3, -0.25) is 9.36 Å². The molecule has 0 atom stereocenters. The predicted octanol–water partition coefficient (Wildman–Crippen LogP) is 4.51. The smallest absolute Gasteiger partial charge is 0.261 e. The second kappa shape index (κ2) is 10.4. The number of anilines is 3. The molecule has 4 rings (SSSR count). The molecule has 4 aromatic rings. The molecule has 0 fully saturated rings. The molecular formula is C27H26ClFN6O. The summed E-state index contributed by atoms with van der Waals surface area (Å²) >= 11 is 6.17. The van der Waals surface area contributed by atoms with Crippen LogP contribution in [0.5, 0.6) is 0 Å². The zero-order valence-electron chi connectivity index (χ0n) is 20.5. The minimum atomic E-state index is -0.634. The summed E-state index contributed by atoms with van der Waals surface area (Å²) in [6.07, 6.45) is 7.34. The first-order valence-corrected chi connectivity index (χ1v) is 11.6. The highest BCUT2D eigenvalue weighted by atomic mass is 35.5. The number of benzene rings is 2. The average Bonchev–Trinajstić information content (AvgIpc) is 2.87. The number of nitrogens with zero attached hydrogens (tertiary/aromatic N) is 5. The van der Waals surface area contributed by atoms with Gasteiger partial charge >= 0.3 is 0 Å². The normalized spacial score (nSPS) is 11.1. The lowest BCUT2D eigenvalue weighted by Crippen LogP contribution is -2.28. The summed E-state index contributed by atoms with van der Waals surface area (Å²) in [6.45, 7) is 1.86. The maximum atomic E-state index is 14.1. The van der Waals surface area contributed by atoms with E-state index in [4.69, 9.17) is 18.0 Å². The molecule has 2 aromatic heterocycles. The van der Waals surface area contributed by atoms with E-state index >= 15 is 0 Å². The number of nitrogens with one attached hydrogen (secondary N) is 1. The minimum absolute atomic E-state index is 0.135. The van der Waals surface area contributed by atoms with Crippen molar-refractivity contribution in [3.63, 3.8) is 0 Å². The van der Waals surface area contributed by atoms with E-state index in [-0.39, 0.29) is 21.7 Å². The number of fused-ring (bicyclic) bond motifs is 1. The van der Waals surface area contributed by atoms with Crippen molar-refractivity contribution >= 4 is 40.0 Å². The van der Waals surface area contributed by atoms with E-state index in [2.05, 4.69) is 31.0 Å². The maximum absolute atomic E-state index is 14.1. The van der Waals surface area contributed by atoms with Crippen LogP contribution in [0, 0.1) is 18.2 Å². The molecule has 2 heterocycles. The van der Waals surface area contributed by atoms with Gasteiger partial charge in [-0.05, 0) is 44.4 Å². The molecule has 0 radical (unpaired) electrons. The highest BCUT2D eigenvalue weighted by Gasteiger charge is 2.20. The number of pyridine rings is 1. The van der Waals surface area contributed by atoms with Crippen molar-refractivity contribution < 1.29 is 4.39 Å². The van der Waals surface area contributed by atoms with E-state index in [1.807, 2.05) is 45.4 Å². The topological polar surface area (TPSA) is 66.3 Å². The van der Waals surface area contributed by atoms with Crippen LogP contribution in [0.1, 0.15) is 5.56 Å². The van der Waals surface area contributed by atoms with Gasteiger partial charge in [0, 0.05) is 50.3 Å². The Bertz CT molecular complexity index is 1530. The molecule has 1 N–H and O–H groups in total. The fourth-order valence-electron chi connectivity index (χ4n) is 3.87. The van der Waals surface area contributed by atoms with Crippen molar-refractivity contribution in [2.75, 3.05) is 44.4 Å². The number of hydrogen-bond acceptors (Lipinski definition) is 6. The second-order valence-electron chi connectivity index (χ2n) is 8.69. The van der Waals surface area contributed by atoms with E-state index in [0.29, 0.717) is 17.0 Å². The third-order valence-corrected chi connectivity index (χ3v) is 6.32. The Morgan fingerprint density at radius 3 is 2.53 bits per heavy atom. The summed E-state index contributed by atoms with van der Waals surface area (Å²) in [7, 11) is 7.72. The van der Waals surface area contributed by atoms with Gasteiger partial charge in [-0.15, -0.1) is 6.42 Å². The number of hydrogen-bond donors (Lipinski definition) is 1. The lowest BCUT2D eigenvalue weighted by molar-refractivity contribution is 0.416. The van der Waals surface area contributed by atoms with Crippen LogP contribution >= 0.6 is 11.6 Å². The summed E-state index contributed by atoms with van der Waals surface area (Å²) < 4.78 is 15.5. The molecule has 0 aliphatic carbocycles. The van der Waals surface area contributed by atoms with Crippen LogP contribution in [0.15, 0.2) is 53.5 Å². The lowest BCUT2D eigenvalue weighted by Gasteiger charge is -2.21. The summed E-state index contributed by atoms with van der Waals surface area (Å²) in [5, 5.41) is 3.49. The number of likely N-dealkylation sites (N-methyl/N-ethyl adjacent to an activating group) is 2. The number of aromatic nitrogens is 3. The molecule has 0 spiro atoms. The summed E-state index contributed by atoms with van der Waals surface area (Å²) in [5.74, 6) is 2.23. The van der Waals surface area contributed by atoms with Crippen LogP contribution in [-0.4, -0.2) is 53.7 Å². The SMILES string of the molecule is C#Cc1c(-c2cccc(F)c2Cl)c(=O)n(C)c2nc(Nc3ccc(N(C)CCN(C)C)cc3)ncc12. The first-order chi connectivity index (χ1) is 17.2. The van der Waals surface area contributed by atoms with Crippen LogP contribution in [0.2, 0.25) is 5.02 Å². The van der Waals surface area contributed by atoms with E-state index in [9.17, 15) is 9.18 Å². The monoisotopic (exact) mass is 504 g/mol. The van der Waals surface area contributed by atoms with Gasteiger partial charge in [0.25, 0.3) is 5.56 Å². The van der Waals surface area contributed by atoms with Crippen molar-refractivity contribution in [2.24, 2.45) is 7.05 Å². The van der Waals surface area contributed by atoms with Crippen LogP contribution in [-0.2, 0) is 7.05 Å². The molecule has 2 aromatic carbocycles. The molecular weight excluding hydrogens is 479 g/mol. The fourth-order valence-corrected chi connectivity index (χ4v) is 4.10. The predicted molar refractivity (Wildman–Crippen MR) is 145 cm³/mol. The third kappa shape index (κ3) is 4.89. The van der Waals surface area contributed by atoms with E-state index in [0.717, 1.165) is 24.5 Å². The van der Waals surface area contributed by atoms with E-state index in [1.54, 1.807) is 19.3 Å². The van der Waals surface area contributed by atoms with Crippen molar-refractivity contribution in [3.05, 3.63) is 75.4 Å². The maximum Gasteiger partial charge on any atom is 0.261 e. The fraction of sp³-hybridized carbons (Fsp3) is 0.222. The van der Waals surface area contributed by atoms with Gasteiger partial charge in [-0.1, -0.05) is 29.7 Å². The molecule has 36 heavy (non-hydrogen) atoms. The molecule has 7 nitrogen and oxygen atoms in total. The Balaban J connectivity index is 1.69. The van der Waals surface area contributed by atoms with Gasteiger partial charge in [0.05, 0.1) is 21.5 Å².